The van der Waals surface area contributed by atoms with Crippen molar-refractivity contribution in [2.24, 2.45) is 0 Å². The number of nitrogens with one attached hydrogen (secondary N) is 1. The van der Waals surface area contributed by atoms with Gasteiger partial charge in [-0.05, 0) is 25.8 Å². The van der Waals surface area contributed by atoms with E-state index in [2.05, 4.69) is 29.4 Å². The maximum absolute atomic E-state index is 12.1. The van der Waals surface area contributed by atoms with Gasteiger partial charge in [-0.3, -0.25) is 14.9 Å². The van der Waals surface area contributed by atoms with Crippen LogP contribution in [0.5, 0.6) is 0 Å². The first-order chi connectivity index (χ1) is 12.4. The van der Waals surface area contributed by atoms with E-state index in [1.54, 1.807) is 0 Å². The Morgan fingerprint density at radius 3 is 2.50 bits per heavy atom. The molecule has 138 valence electrons. The molecule has 0 unspecified atom stereocenters. The summed E-state index contributed by atoms with van der Waals surface area (Å²) < 4.78 is 5.03. The number of hydrogen-bond donors (Lipinski definition) is 1. The lowest BCUT2D eigenvalue weighted by molar-refractivity contribution is -0.153. The number of nitrogens with zero attached hydrogens (tertiary/aromatic N) is 1. The van der Waals surface area contributed by atoms with Gasteiger partial charge in [0, 0.05) is 17.4 Å². The van der Waals surface area contributed by atoms with Crippen molar-refractivity contribution in [3.05, 3.63) is 35.2 Å². The Morgan fingerprint density at radius 2 is 1.88 bits per heavy atom. The molecule has 0 fully saturated rings. The molecule has 1 heterocycles. The van der Waals surface area contributed by atoms with Gasteiger partial charge >= 0.3 is 5.97 Å². The van der Waals surface area contributed by atoms with E-state index in [0.29, 0.717) is 5.13 Å². The Labute approximate surface area is 156 Å². The van der Waals surface area contributed by atoms with Crippen molar-refractivity contribution in [1.82, 2.24) is 4.98 Å². The number of anilines is 1. The Hall–Kier alpha value is -2.54. The molecule has 0 aliphatic rings. The van der Waals surface area contributed by atoms with Crippen LogP contribution in [-0.2, 0) is 25.5 Å². The summed E-state index contributed by atoms with van der Waals surface area (Å²) in [6.07, 6.45) is 0.106. The second-order valence-electron chi connectivity index (χ2n) is 5.91. The number of aryl methyl sites for hydroxylation is 1. The number of ether oxygens (including phenoxy) is 1. The standard InChI is InChI=1S/C19H22N2O4S/c1-4-14-6-8-15(9-7-14)16-11-26-19(20-16)21-18(24)13(3)25-17(23)10-5-12(2)22/h6-9,11,13H,4-5,10H2,1-3H3,(H,20,21,24)/t13-/m0/s1. The van der Waals surface area contributed by atoms with Gasteiger partial charge in [0.2, 0.25) is 0 Å². The molecule has 0 aliphatic carbocycles. The molecule has 0 spiro atoms. The predicted molar refractivity (Wildman–Crippen MR) is 101 cm³/mol. The number of esters is 1. The first-order valence-electron chi connectivity index (χ1n) is 8.43. The van der Waals surface area contributed by atoms with Gasteiger partial charge in [0.25, 0.3) is 5.91 Å². The van der Waals surface area contributed by atoms with Crippen LogP contribution >= 0.6 is 11.3 Å². The van der Waals surface area contributed by atoms with Crippen molar-refractivity contribution >= 4 is 34.1 Å². The summed E-state index contributed by atoms with van der Waals surface area (Å²) in [5.74, 6) is -1.12. The van der Waals surface area contributed by atoms with Gasteiger partial charge in [0.05, 0.1) is 12.1 Å². The van der Waals surface area contributed by atoms with Crippen LogP contribution < -0.4 is 5.32 Å². The zero-order chi connectivity index (χ0) is 19.1. The minimum Gasteiger partial charge on any atom is -0.453 e. The van der Waals surface area contributed by atoms with E-state index in [1.807, 2.05) is 17.5 Å². The maximum atomic E-state index is 12.1. The highest BCUT2D eigenvalue weighted by Crippen LogP contribution is 2.25. The SMILES string of the molecule is CCc1ccc(-c2csc(NC(=O)[C@H](C)OC(=O)CCC(C)=O)n2)cc1. The number of carbonyl (C=O) groups excluding carboxylic acids is 3. The minimum atomic E-state index is -0.953. The van der Waals surface area contributed by atoms with Crippen LogP contribution in [0.25, 0.3) is 11.3 Å². The van der Waals surface area contributed by atoms with Gasteiger partial charge in [-0.15, -0.1) is 11.3 Å². The third-order valence-corrected chi connectivity index (χ3v) is 4.51. The molecule has 1 amide bonds. The molecule has 0 saturated carbocycles. The van der Waals surface area contributed by atoms with Crippen LogP contribution in [0, 0.1) is 0 Å². The Kier molecular flexibility index (Phi) is 7.03. The number of amides is 1. The van der Waals surface area contributed by atoms with Gasteiger partial charge in [-0.1, -0.05) is 31.2 Å². The van der Waals surface area contributed by atoms with E-state index < -0.39 is 18.0 Å². The highest BCUT2D eigenvalue weighted by molar-refractivity contribution is 7.14. The Morgan fingerprint density at radius 1 is 1.19 bits per heavy atom. The summed E-state index contributed by atoms with van der Waals surface area (Å²) in [4.78, 5) is 39.0. The monoisotopic (exact) mass is 374 g/mol. The Bertz CT molecular complexity index is 783. The average molecular weight is 374 g/mol. The molecule has 7 heteroatoms. The van der Waals surface area contributed by atoms with Crippen LogP contribution in [0.2, 0.25) is 0 Å². The summed E-state index contributed by atoms with van der Waals surface area (Å²) in [6, 6.07) is 8.10. The van der Waals surface area contributed by atoms with Crippen LogP contribution in [0.1, 0.15) is 39.2 Å². The zero-order valence-electron chi connectivity index (χ0n) is 15.1. The average Bonchev–Trinajstić information content (AvgIpc) is 3.08. The fourth-order valence-corrected chi connectivity index (χ4v) is 2.89. The van der Waals surface area contributed by atoms with E-state index in [-0.39, 0.29) is 18.6 Å². The third kappa shape index (κ3) is 5.77. The summed E-state index contributed by atoms with van der Waals surface area (Å²) in [6.45, 7) is 4.98. The smallest absolute Gasteiger partial charge is 0.307 e. The molecule has 1 atom stereocenters. The number of thiazole rings is 1. The van der Waals surface area contributed by atoms with Crippen molar-refractivity contribution in [2.75, 3.05) is 5.32 Å². The molecule has 1 N–H and O–H groups in total. The Balaban J connectivity index is 1.91. The van der Waals surface area contributed by atoms with Crippen molar-refractivity contribution in [1.29, 1.82) is 0 Å². The van der Waals surface area contributed by atoms with E-state index in [0.717, 1.165) is 17.7 Å². The molecule has 1 aromatic heterocycles. The van der Waals surface area contributed by atoms with Gasteiger partial charge in [-0.2, -0.15) is 0 Å². The quantitative estimate of drug-likeness (QED) is 0.714. The molecule has 2 aromatic rings. The molecule has 0 bridgehead atoms. The van der Waals surface area contributed by atoms with Crippen molar-refractivity contribution in [3.63, 3.8) is 0 Å². The van der Waals surface area contributed by atoms with Crippen LogP contribution in [0.3, 0.4) is 0 Å². The highest BCUT2D eigenvalue weighted by Gasteiger charge is 2.19. The van der Waals surface area contributed by atoms with Gasteiger partial charge in [-0.25, -0.2) is 4.98 Å². The number of rotatable bonds is 8. The lowest BCUT2D eigenvalue weighted by Gasteiger charge is -2.11. The highest BCUT2D eigenvalue weighted by atomic mass is 32.1. The second kappa shape index (κ2) is 9.24. The summed E-state index contributed by atoms with van der Waals surface area (Å²) in [5, 5.41) is 4.95. The van der Waals surface area contributed by atoms with E-state index >= 15 is 0 Å². The predicted octanol–water partition coefficient (Wildman–Crippen LogP) is 3.61. The van der Waals surface area contributed by atoms with Crippen LogP contribution in [-0.4, -0.2) is 28.7 Å². The van der Waals surface area contributed by atoms with E-state index in [1.165, 1.54) is 30.7 Å². The van der Waals surface area contributed by atoms with Gasteiger partial charge < -0.3 is 9.53 Å². The second-order valence-corrected chi connectivity index (χ2v) is 6.77. The normalized spacial score (nSPS) is 11.7. The number of aromatic nitrogens is 1. The summed E-state index contributed by atoms with van der Waals surface area (Å²) in [7, 11) is 0. The van der Waals surface area contributed by atoms with Crippen molar-refractivity contribution in [3.8, 4) is 11.3 Å². The number of hydrogen-bond acceptors (Lipinski definition) is 6. The first-order valence-corrected chi connectivity index (χ1v) is 9.31. The van der Waals surface area contributed by atoms with Crippen LogP contribution in [0.4, 0.5) is 5.13 Å². The summed E-state index contributed by atoms with van der Waals surface area (Å²) in [5.41, 5.74) is 3.00. The fraction of sp³-hybridized carbons (Fsp3) is 0.368. The molecule has 6 nitrogen and oxygen atoms in total. The van der Waals surface area contributed by atoms with Crippen molar-refractivity contribution in [2.45, 2.75) is 46.1 Å². The first kappa shape index (κ1) is 19.8. The minimum absolute atomic E-state index is 0.0257. The van der Waals surface area contributed by atoms with E-state index in [4.69, 9.17) is 4.74 Å². The molecule has 26 heavy (non-hydrogen) atoms. The third-order valence-electron chi connectivity index (χ3n) is 3.75. The van der Waals surface area contributed by atoms with Gasteiger partial charge in [0.1, 0.15) is 5.78 Å². The van der Waals surface area contributed by atoms with Crippen LogP contribution in [0.15, 0.2) is 29.6 Å². The lowest BCUT2D eigenvalue weighted by atomic mass is 10.1. The molecule has 0 saturated heterocycles. The largest absolute Gasteiger partial charge is 0.453 e. The molecular formula is C19H22N2O4S. The van der Waals surface area contributed by atoms with E-state index in [9.17, 15) is 14.4 Å². The number of ketones is 1. The maximum Gasteiger partial charge on any atom is 0.307 e. The molecule has 0 radical (unpaired) electrons. The molecule has 1 aromatic carbocycles. The number of benzene rings is 1. The molecule has 0 aliphatic heterocycles. The molecule has 2 rings (SSSR count). The fourth-order valence-electron chi connectivity index (χ4n) is 2.17. The lowest BCUT2D eigenvalue weighted by Crippen LogP contribution is -2.30. The zero-order valence-corrected chi connectivity index (χ0v) is 15.9. The molecular weight excluding hydrogens is 352 g/mol. The van der Waals surface area contributed by atoms with Gasteiger partial charge in [0.15, 0.2) is 11.2 Å². The summed E-state index contributed by atoms with van der Waals surface area (Å²) >= 11 is 1.30. The number of carbonyl (C=O) groups is 3. The van der Waals surface area contributed by atoms with Crippen molar-refractivity contribution < 1.29 is 19.1 Å². The number of Topliss-reactive ketones (excluding diaryl/α,β-unsaturated/α-hetero) is 1. The topological polar surface area (TPSA) is 85.4 Å².